The Bertz CT molecular complexity index is 650. The first-order valence-electron chi connectivity index (χ1n) is 9.85. The molecular weight excluding hydrogens is 375 g/mol. The summed E-state index contributed by atoms with van der Waals surface area (Å²) >= 11 is 0. The van der Waals surface area contributed by atoms with Crippen molar-refractivity contribution in [3.63, 3.8) is 0 Å². The van der Waals surface area contributed by atoms with E-state index in [1.807, 2.05) is 0 Å². The lowest BCUT2D eigenvalue weighted by Crippen LogP contribution is -3.15. The molecule has 0 aromatic heterocycles. The molecule has 0 aliphatic carbocycles. The van der Waals surface area contributed by atoms with Crippen LogP contribution < -0.4 is 35.0 Å². The number of nitrogens with one attached hydrogen (secondary N) is 1. The SMILES string of the molecule is CC1CC(CC[NH2+]Cc2ccccc2)(c2ccccc2)C(C)C[NH+]1C.[Cl-].[Cl-]. The number of likely N-dealkylation sites (tertiary alicyclic amines) is 1. The molecular formula is C23H34Cl2N2. The Labute approximate surface area is 177 Å². The third-order valence-corrected chi connectivity index (χ3v) is 6.45. The molecule has 0 radical (unpaired) electrons. The highest BCUT2D eigenvalue weighted by atomic mass is 35.5. The number of hydrogen-bond acceptors (Lipinski definition) is 0. The van der Waals surface area contributed by atoms with E-state index in [-0.39, 0.29) is 24.8 Å². The van der Waals surface area contributed by atoms with Crippen molar-refractivity contribution in [3.8, 4) is 0 Å². The molecule has 27 heavy (non-hydrogen) atoms. The van der Waals surface area contributed by atoms with Gasteiger partial charge in [-0.1, -0.05) is 67.6 Å². The van der Waals surface area contributed by atoms with E-state index < -0.39 is 0 Å². The van der Waals surface area contributed by atoms with Gasteiger partial charge in [-0.3, -0.25) is 0 Å². The van der Waals surface area contributed by atoms with Crippen LogP contribution in [0, 0.1) is 5.92 Å². The summed E-state index contributed by atoms with van der Waals surface area (Å²) in [6, 6.07) is 22.9. The van der Waals surface area contributed by atoms with Crippen molar-refractivity contribution in [2.45, 2.75) is 44.7 Å². The van der Waals surface area contributed by atoms with Gasteiger partial charge in [0, 0.05) is 29.7 Å². The maximum Gasteiger partial charge on any atom is 0.101 e. The molecule has 2 aromatic carbocycles. The van der Waals surface area contributed by atoms with Gasteiger partial charge in [0.15, 0.2) is 0 Å². The van der Waals surface area contributed by atoms with Crippen LogP contribution in [0.2, 0.25) is 0 Å². The fourth-order valence-electron chi connectivity index (χ4n) is 4.71. The number of piperidine rings is 1. The van der Waals surface area contributed by atoms with Gasteiger partial charge in [0.2, 0.25) is 0 Å². The Kier molecular flexibility index (Phi) is 9.83. The molecule has 4 atom stereocenters. The fraction of sp³-hybridized carbons (Fsp3) is 0.478. The number of quaternary nitrogens is 2. The minimum atomic E-state index is 0. The molecule has 1 heterocycles. The van der Waals surface area contributed by atoms with Gasteiger partial charge in [0.1, 0.15) is 6.54 Å². The van der Waals surface area contributed by atoms with Gasteiger partial charge in [-0.2, -0.15) is 0 Å². The summed E-state index contributed by atoms with van der Waals surface area (Å²) < 4.78 is 0. The van der Waals surface area contributed by atoms with Crippen molar-refractivity contribution in [1.82, 2.24) is 0 Å². The third kappa shape index (κ3) is 5.71. The number of hydrogen-bond donors (Lipinski definition) is 2. The van der Waals surface area contributed by atoms with E-state index in [1.54, 1.807) is 10.5 Å². The highest BCUT2D eigenvalue weighted by Crippen LogP contribution is 2.40. The molecule has 1 aliphatic heterocycles. The predicted molar refractivity (Wildman–Crippen MR) is 105 cm³/mol. The predicted octanol–water partition coefficient (Wildman–Crippen LogP) is -3.97. The van der Waals surface area contributed by atoms with Crippen LogP contribution in [-0.4, -0.2) is 26.2 Å². The van der Waals surface area contributed by atoms with Crippen molar-refractivity contribution in [1.29, 1.82) is 0 Å². The molecule has 2 aromatic rings. The van der Waals surface area contributed by atoms with Crippen LogP contribution in [0.25, 0.3) is 0 Å². The minimum absolute atomic E-state index is 0. The molecule has 0 amide bonds. The standard InChI is InChI=1S/C23H32N2.2ClH/c1-19-18-25(3)20(2)16-23(19,22-12-8-5-9-13-22)14-15-24-17-21-10-6-4-7-11-21;;/h4-13,19-20,24H,14-18H2,1-3H3;2*1H. The van der Waals surface area contributed by atoms with E-state index in [0.29, 0.717) is 5.41 Å². The Morgan fingerprint density at radius 1 is 0.963 bits per heavy atom. The molecule has 1 saturated heterocycles. The summed E-state index contributed by atoms with van der Waals surface area (Å²) in [5, 5.41) is 2.49. The second kappa shape index (κ2) is 11.1. The third-order valence-electron chi connectivity index (χ3n) is 6.45. The van der Waals surface area contributed by atoms with Crippen molar-refractivity contribution in [3.05, 3.63) is 71.8 Å². The average molecular weight is 409 g/mol. The lowest BCUT2D eigenvalue weighted by molar-refractivity contribution is -0.915. The monoisotopic (exact) mass is 408 g/mol. The van der Waals surface area contributed by atoms with Crippen molar-refractivity contribution < 1.29 is 35.0 Å². The number of nitrogens with two attached hydrogens (primary N) is 1. The van der Waals surface area contributed by atoms with Gasteiger partial charge in [-0.25, -0.2) is 0 Å². The van der Waals surface area contributed by atoms with Crippen LogP contribution in [0.5, 0.6) is 0 Å². The van der Waals surface area contributed by atoms with Gasteiger partial charge in [-0.05, 0) is 12.5 Å². The summed E-state index contributed by atoms with van der Waals surface area (Å²) in [6.45, 7) is 8.45. The van der Waals surface area contributed by atoms with Crippen LogP contribution in [0.1, 0.15) is 37.8 Å². The first-order valence-corrected chi connectivity index (χ1v) is 9.85. The van der Waals surface area contributed by atoms with Crippen LogP contribution in [0.3, 0.4) is 0 Å². The smallest absolute Gasteiger partial charge is 0.101 e. The van der Waals surface area contributed by atoms with Crippen LogP contribution >= 0.6 is 0 Å². The normalized spacial score (nSPS) is 27.3. The van der Waals surface area contributed by atoms with E-state index in [9.17, 15) is 0 Å². The first-order chi connectivity index (χ1) is 12.1. The molecule has 3 rings (SSSR count). The van der Waals surface area contributed by atoms with Crippen molar-refractivity contribution >= 4 is 0 Å². The fourth-order valence-corrected chi connectivity index (χ4v) is 4.71. The summed E-state index contributed by atoms with van der Waals surface area (Å²) in [5.74, 6) is 0.719. The van der Waals surface area contributed by atoms with Crippen LogP contribution in [0.4, 0.5) is 0 Å². The van der Waals surface area contributed by atoms with Gasteiger partial charge in [0.05, 0.1) is 26.2 Å². The summed E-state index contributed by atoms with van der Waals surface area (Å²) in [5.41, 5.74) is 3.30. The molecule has 1 fully saturated rings. The van der Waals surface area contributed by atoms with Gasteiger partial charge in [-0.15, -0.1) is 0 Å². The van der Waals surface area contributed by atoms with E-state index >= 15 is 0 Å². The second-order valence-electron chi connectivity index (χ2n) is 8.10. The Hall–Kier alpha value is -1.06. The highest BCUT2D eigenvalue weighted by Gasteiger charge is 2.46. The molecule has 4 heteroatoms. The lowest BCUT2D eigenvalue weighted by atomic mass is 9.63. The number of halogens is 2. The average Bonchev–Trinajstić information content (AvgIpc) is 2.64. The first kappa shape index (κ1) is 24.0. The van der Waals surface area contributed by atoms with Crippen molar-refractivity contribution in [2.24, 2.45) is 5.92 Å². The zero-order valence-electron chi connectivity index (χ0n) is 16.8. The quantitative estimate of drug-likeness (QED) is 0.455. The van der Waals surface area contributed by atoms with E-state index in [4.69, 9.17) is 0 Å². The minimum Gasteiger partial charge on any atom is -1.00 e. The molecule has 150 valence electrons. The topological polar surface area (TPSA) is 21.1 Å². The summed E-state index contributed by atoms with van der Waals surface area (Å²) in [4.78, 5) is 1.69. The highest BCUT2D eigenvalue weighted by molar-refractivity contribution is 5.27. The molecule has 1 aliphatic rings. The molecule has 0 spiro atoms. The van der Waals surface area contributed by atoms with Crippen molar-refractivity contribution in [2.75, 3.05) is 20.1 Å². The maximum absolute atomic E-state index is 2.49. The Balaban J connectivity index is 0.00000182. The lowest BCUT2D eigenvalue weighted by Gasteiger charge is -2.47. The molecule has 4 unspecified atom stereocenters. The number of benzene rings is 2. The maximum atomic E-state index is 2.49. The molecule has 3 N–H and O–H groups in total. The molecule has 0 saturated carbocycles. The van der Waals surface area contributed by atoms with Gasteiger partial charge in [0.25, 0.3) is 0 Å². The summed E-state index contributed by atoms with van der Waals surface area (Å²) in [6.07, 6.45) is 2.56. The zero-order chi connectivity index (χ0) is 17.7. The summed E-state index contributed by atoms with van der Waals surface area (Å²) in [7, 11) is 2.36. The Morgan fingerprint density at radius 2 is 1.56 bits per heavy atom. The van der Waals surface area contributed by atoms with E-state index in [2.05, 4.69) is 86.9 Å². The number of rotatable bonds is 6. The van der Waals surface area contributed by atoms with Crippen LogP contribution in [0.15, 0.2) is 60.7 Å². The largest absolute Gasteiger partial charge is 1.00 e. The Morgan fingerprint density at radius 3 is 2.19 bits per heavy atom. The van der Waals surface area contributed by atoms with Crippen LogP contribution in [-0.2, 0) is 12.0 Å². The second-order valence-corrected chi connectivity index (χ2v) is 8.10. The van der Waals surface area contributed by atoms with Gasteiger partial charge >= 0.3 is 0 Å². The van der Waals surface area contributed by atoms with E-state index in [0.717, 1.165) is 18.5 Å². The molecule has 2 nitrogen and oxygen atoms in total. The van der Waals surface area contributed by atoms with Gasteiger partial charge < -0.3 is 35.0 Å². The zero-order valence-corrected chi connectivity index (χ0v) is 18.3. The molecule has 0 bridgehead atoms. The van der Waals surface area contributed by atoms with E-state index in [1.165, 1.54) is 31.5 Å².